The summed E-state index contributed by atoms with van der Waals surface area (Å²) < 4.78 is 10.8. The van der Waals surface area contributed by atoms with E-state index in [2.05, 4.69) is 10.5 Å². The van der Waals surface area contributed by atoms with E-state index < -0.39 is 18.0 Å². The number of phenols is 1. The number of carbonyl (C=O) groups is 2. The van der Waals surface area contributed by atoms with Gasteiger partial charge in [0.1, 0.15) is 5.75 Å². The highest BCUT2D eigenvalue weighted by Crippen LogP contribution is 2.29. The first-order chi connectivity index (χ1) is 12.9. The molecule has 0 aliphatic heterocycles. The summed E-state index contributed by atoms with van der Waals surface area (Å²) in [5.41, 5.74) is 3.03. The Morgan fingerprint density at radius 3 is 2.63 bits per heavy atom. The van der Waals surface area contributed by atoms with Crippen LogP contribution in [0.2, 0.25) is 0 Å². The summed E-state index contributed by atoms with van der Waals surface area (Å²) in [5, 5.41) is 22.5. The van der Waals surface area contributed by atoms with Crippen LogP contribution >= 0.6 is 0 Å². The van der Waals surface area contributed by atoms with Crippen LogP contribution in [-0.4, -0.2) is 41.0 Å². The van der Waals surface area contributed by atoms with Crippen molar-refractivity contribution in [2.45, 2.75) is 20.0 Å². The standard InChI is InChI=1S/C19H20N2O6/c1-3-26-17-10-13(8-9-16(17)27-12(2)19(24)25)11-20-21-18(23)14-6-4-5-7-15(14)22/h4-12,22H,3H2,1-2H3,(H,21,23)(H,24,25). The van der Waals surface area contributed by atoms with Gasteiger partial charge < -0.3 is 19.7 Å². The van der Waals surface area contributed by atoms with Gasteiger partial charge in [0.05, 0.1) is 18.4 Å². The van der Waals surface area contributed by atoms with E-state index in [1.807, 2.05) is 0 Å². The molecular weight excluding hydrogens is 352 g/mol. The Morgan fingerprint density at radius 1 is 1.22 bits per heavy atom. The molecule has 0 bridgehead atoms. The third kappa shape index (κ3) is 5.46. The molecule has 2 rings (SSSR count). The van der Waals surface area contributed by atoms with Crippen LogP contribution in [0.15, 0.2) is 47.6 Å². The number of carbonyl (C=O) groups excluding carboxylic acids is 1. The number of phenolic OH excluding ortho intramolecular Hbond substituents is 1. The van der Waals surface area contributed by atoms with Crippen molar-refractivity contribution < 1.29 is 29.3 Å². The monoisotopic (exact) mass is 372 g/mol. The number of nitrogens with zero attached hydrogens (tertiary/aromatic N) is 1. The van der Waals surface area contributed by atoms with Crippen LogP contribution in [0, 0.1) is 0 Å². The molecule has 3 N–H and O–H groups in total. The minimum Gasteiger partial charge on any atom is -0.507 e. The average molecular weight is 372 g/mol. The average Bonchev–Trinajstić information content (AvgIpc) is 2.64. The molecule has 27 heavy (non-hydrogen) atoms. The van der Waals surface area contributed by atoms with Crippen molar-refractivity contribution in [1.29, 1.82) is 0 Å². The molecule has 0 heterocycles. The highest BCUT2D eigenvalue weighted by atomic mass is 16.5. The van der Waals surface area contributed by atoms with Crippen molar-refractivity contribution in [2.75, 3.05) is 6.61 Å². The van der Waals surface area contributed by atoms with Gasteiger partial charge in [-0.25, -0.2) is 10.2 Å². The van der Waals surface area contributed by atoms with Crippen LogP contribution in [0.1, 0.15) is 29.8 Å². The van der Waals surface area contributed by atoms with Gasteiger partial charge in [-0.3, -0.25) is 4.79 Å². The van der Waals surface area contributed by atoms with Gasteiger partial charge in [0.2, 0.25) is 0 Å². The topological polar surface area (TPSA) is 117 Å². The highest BCUT2D eigenvalue weighted by molar-refractivity contribution is 5.97. The molecule has 0 aliphatic rings. The van der Waals surface area contributed by atoms with Gasteiger partial charge in [-0.1, -0.05) is 12.1 Å². The van der Waals surface area contributed by atoms with E-state index in [0.29, 0.717) is 23.7 Å². The van der Waals surface area contributed by atoms with E-state index in [9.17, 15) is 14.7 Å². The van der Waals surface area contributed by atoms with Crippen molar-refractivity contribution in [1.82, 2.24) is 5.43 Å². The zero-order valence-electron chi connectivity index (χ0n) is 14.9. The number of ether oxygens (including phenoxy) is 2. The second-order valence-electron chi connectivity index (χ2n) is 5.45. The van der Waals surface area contributed by atoms with E-state index in [1.54, 1.807) is 37.3 Å². The number of amides is 1. The Labute approximate surface area is 156 Å². The normalized spacial score (nSPS) is 11.8. The molecule has 142 valence electrons. The van der Waals surface area contributed by atoms with Crippen LogP contribution in [0.5, 0.6) is 17.2 Å². The molecule has 1 amide bonds. The lowest BCUT2D eigenvalue weighted by Crippen LogP contribution is -2.23. The molecular formula is C19H20N2O6. The number of para-hydroxylation sites is 1. The van der Waals surface area contributed by atoms with Gasteiger partial charge in [-0.15, -0.1) is 0 Å². The van der Waals surface area contributed by atoms with Crippen molar-refractivity contribution in [3.8, 4) is 17.2 Å². The lowest BCUT2D eigenvalue weighted by molar-refractivity contribution is -0.144. The van der Waals surface area contributed by atoms with Crippen LogP contribution < -0.4 is 14.9 Å². The number of hydrogen-bond acceptors (Lipinski definition) is 6. The molecule has 0 aliphatic carbocycles. The van der Waals surface area contributed by atoms with Gasteiger partial charge in [-0.2, -0.15) is 5.10 Å². The second-order valence-corrected chi connectivity index (χ2v) is 5.45. The number of rotatable bonds is 8. The molecule has 0 spiro atoms. The van der Waals surface area contributed by atoms with E-state index in [4.69, 9.17) is 14.6 Å². The fourth-order valence-corrected chi connectivity index (χ4v) is 2.10. The van der Waals surface area contributed by atoms with Crippen LogP contribution in [-0.2, 0) is 4.79 Å². The lowest BCUT2D eigenvalue weighted by atomic mass is 10.2. The minimum atomic E-state index is -1.09. The first-order valence-corrected chi connectivity index (χ1v) is 8.20. The zero-order valence-corrected chi connectivity index (χ0v) is 14.9. The summed E-state index contributed by atoms with van der Waals surface area (Å²) in [7, 11) is 0. The van der Waals surface area contributed by atoms with Gasteiger partial charge >= 0.3 is 5.97 Å². The first-order valence-electron chi connectivity index (χ1n) is 8.20. The van der Waals surface area contributed by atoms with E-state index in [-0.39, 0.29) is 11.3 Å². The number of aliphatic carboxylic acids is 1. The number of carboxylic acid groups (broad SMARTS) is 1. The summed E-state index contributed by atoms with van der Waals surface area (Å²) in [6.45, 7) is 3.57. The van der Waals surface area contributed by atoms with Crippen molar-refractivity contribution in [2.24, 2.45) is 5.10 Å². The summed E-state index contributed by atoms with van der Waals surface area (Å²) in [5.74, 6) is -1.12. The van der Waals surface area contributed by atoms with Crippen molar-refractivity contribution >= 4 is 18.1 Å². The molecule has 0 aromatic heterocycles. The van der Waals surface area contributed by atoms with Gasteiger partial charge in [0.25, 0.3) is 5.91 Å². The van der Waals surface area contributed by atoms with Crippen LogP contribution in [0.25, 0.3) is 0 Å². The molecule has 0 fully saturated rings. The Morgan fingerprint density at radius 2 is 1.96 bits per heavy atom. The Hall–Kier alpha value is -3.55. The van der Waals surface area contributed by atoms with E-state index >= 15 is 0 Å². The predicted octanol–water partition coefficient (Wildman–Crippen LogP) is 2.41. The Kier molecular flexibility index (Phi) is 6.76. The quantitative estimate of drug-likeness (QED) is 0.484. The number of hydrazone groups is 1. The maximum absolute atomic E-state index is 12.0. The maximum atomic E-state index is 12.0. The first kappa shape index (κ1) is 19.8. The number of hydrogen-bond donors (Lipinski definition) is 3. The molecule has 8 heteroatoms. The predicted molar refractivity (Wildman–Crippen MR) is 98.5 cm³/mol. The molecule has 1 unspecified atom stereocenters. The van der Waals surface area contributed by atoms with E-state index in [1.165, 1.54) is 25.3 Å². The third-order valence-corrected chi connectivity index (χ3v) is 3.45. The molecule has 2 aromatic rings. The molecule has 8 nitrogen and oxygen atoms in total. The van der Waals surface area contributed by atoms with Gasteiger partial charge in [-0.05, 0) is 49.7 Å². The van der Waals surface area contributed by atoms with Crippen LogP contribution in [0.3, 0.4) is 0 Å². The number of carboxylic acids is 1. The highest BCUT2D eigenvalue weighted by Gasteiger charge is 2.16. The van der Waals surface area contributed by atoms with Crippen LogP contribution in [0.4, 0.5) is 0 Å². The fourth-order valence-electron chi connectivity index (χ4n) is 2.10. The van der Waals surface area contributed by atoms with Crippen molar-refractivity contribution in [3.63, 3.8) is 0 Å². The molecule has 0 saturated carbocycles. The second kappa shape index (κ2) is 9.23. The largest absolute Gasteiger partial charge is 0.507 e. The summed E-state index contributed by atoms with van der Waals surface area (Å²) in [4.78, 5) is 22.9. The van der Waals surface area contributed by atoms with Gasteiger partial charge in [0, 0.05) is 0 Å². The smallest absolute Gasteiger partial charge is 0.344 e. The SMILES string of the molecule is CCOc1cc(C=NNC(=O)c2ccccc2O)ccc1OC(C)C(=O)O. The Balaban J connectivity index is 2.10. The Bertz CT molecular complexity index is 850. The summed E-state index contributed by atoms with van der Waals surface area (Å²) in [6.07, 6.45) is 0.367. The summed E-state index contributed by atoms with van der Waals surface area (Å²) >= 11 is 0. The summed E-state index contributed by atoms with van der Waals surface area (Å²) in [6, 6.07) is 10.9. The minimum absolute atomic E-state index is 0.107. The third-order valence-electron chi connectivity index (χ3n) is 3.45. The number of nitrogens with one attached hydrogen (secondary N) is 1. The number of benzene rings is 2. The zero-order chi connectivity index (χ0) is 19.8. The molecule has 0 saturated heterocycles. The maximum Gasteiger partial charge on any atom is 0.344 e. The number of aromatic hydroxyl groups is 1. The van der Waals surface area contributed by atoms with Crippen molar-refractivity contribution in [3.05, 3.63) is 53.6 Å². The van der Waals surface area contributed by atoms with E-state index in [0.717, 1.165) is 0 Å². The van der Waals surface area contributed by atoms with Gasteiger partial charge in [0.15, 0.2) is 17.6 Å². The molecule has 0 radical (unpaired) electrons. The lowest BCUT2D eigenvalue weighted by Gasteiger charge is -2.15. The fraction of sp³-hybridized carbons (Fsp3) is 0.211. The molecule has 2 aromatic carbocycles. The molecule has 1 atom stereocenters.